The van der Waals surface area contributed by atoms with Crippen LogP contribution in [0.5, 0.6) is 5.75 Å². The summed E-state index contributed by atoms with van der Waals surface area (Å²) < 4.78 is 5.64. The molecular formula is C16H15NO2. The zero-order valence-electron chi connectivity index (χ0n) is 10.5. The van der Waals surface area contributed by atoms with E-state index in [4.69, 9.17) is 9.84 Å². The largest absolute Gasteiger partial charge is 0.493 e. The Morgan fingerprint density at radius 3 is 2.68 bits per heavy atom. The highest BCUT2D eigenvalue weighted by Gasteiger charge is 1.95. The van der Waals surface area contributed by atoms with Crippen molar-refractivity contribution in [3.63, 3.8) is 0 Å². The van der Waals surface area contributed by atoms with Gasteiger partial charge in [0, 0.05) is 24.4 Å². The van der Waals surface area contributed by atoms with E-state index < -0.39 is 0 Å². The van der Waals surface area contributed by atoms with Crippen LogP contribution < -0.4 is 4.74 Å². The van der Waals surface area contributed by atoms with Crippen LogP contribution in [0.1, 0.15) is 11.1 Å². The van der Waals surface area contributed by atoms with Crippen LogP contribution >= 0.6 is 0 Å². The SMILES string of the molecule is OCC#Cc1ccc(OCCc2cccnc2)cc1. The number of hydrogen-bond donors (Lipinski definition) is 1. The molecule has 0 radical (unpaired) electrons. The molecule has 0 saturated heterocycles. The number of aliphatic hydroxyl groups excluding tert-OH is 1. The van der Waals surface area contributed by atoms with Gasteiger partial charge in [0.05, 0.1) is 6.61 Å². The van der Waals surface area contributed by atoms with Crippen molar-refractivity contribution in [3.05, 3.63) is 59.9 Å². The number of hydrogen-bond acceptors (Lipinski definition) is 3. The van der Waals surface area contributed by atoms with Gasteiger partial charge < -0.3 is 9.84 Å². The van der Waals surface area contributed by atoms with E-state index in [2.05, 4.69) is 16.8 Å². The normalized spacial score (nSPS) is 9.53. The highest BCUT2D eigenvalue weighted by atomic mass is 16.5. The number of ether oxygens (including phenoxy) is 1. The van der Waals surface area contributed by atoms with Crippen LogP contribution in [0.15, 0.2) is 48.8 Å². The van der Waals surface area contributed by atoms with Gasteiger partial charge in [0.2, 0.25) is 0 Å². The molecule has 1 N–H and O–H groups in total. The summed E-state index contributed by atoms with van der Waals surface area (Å²) >= 11 is 0. The minimum atomic E-state index is -0.122. The Hall–Kier alpha value is -2.31. The summed E-state index contributed by atoms with van der Waals surface area (Å²) in [5, 5.41) is 8.60. The summed E-state index contributed by atoms with van der Waals surface area (Å²) in [5.41, 5.74) is 2.03. The van der Waals surface area contributed by atoms with Crippen molar-refractivity contribution in [3.8, 4) is 17.6 Å². The van der Waals surface area contributed by atoms with Crippen LogP contribution in [0.2, 0.25) is 0 Å². The number of pyridine rings is 1. The maximum atomic E-state index is 8.60. The fraction of sp³-hybridized carbons (Fsp3) is 0.188. The van der Waals surface area contributed by atoms with Crippen molar-refractivity contribution in [2.75, 3.05) is 13.2 Å². The lowest BCUT2D eigenvalue weighted by Crippen LogP contribution is -2.01. The van der Waals surface area contributed by atoms with E-state index in [-0.39, 0.29) is 6.61 Å². The third-order valence-corrected chi connectivity index (χ3v) is 2.55. The van der Waals surface area contributed by atoms with E-state index in [1.165, 1.54) is 0 Å². The molecule has 0 saturated carbocycles. The predicted molar refractivity (Wildman–Crippen MR) is 73.8 cm³/mol. The van der Waals surface area contributed by atoms with Gasteiger partial charge >= 0.3 is 0 Å². The molecule has 0 atom stereocenters. The number of nitrogens with zero attached hydrogens (tertiary/aromatic N) is 1. The second-order valence-corrected chi connectivity index (χ2v) is 3.94. The topological polar surface area (TPSA) is 42.4 Å². The molecule has 0 bridgehead atoms. The lowest BCUT2D eigenvalue weighted by atomic mass is 10.2. The van der Waals surface area contributed by atoms with Gasteiger partial charge in [-0.2, -0.15) is 0 Å². The summed E-state index contributed by atoms with van der Waals surface area (Å²) in [7, 11) is 0. The highest BCUT2D eigenvalue weighted by Crippen LogP contribution is 2.12. The van der Waals surface area contributed by atoms with Gasteiger partial charge in [-0.05, 0) is 35.9 Å². The van der Waals surface area contributed by atoms with Gasteiger partial charge in [-0.25, -0.2) is 0 Å². The average Bonchev–Trinajstić information content (AvgIpc) is 2.47. The van der Waals surface area contributed by atoms with Crippen molar-refractivity contribution in [1.29, 1.82) is 0 Å². The molecule has 0 spiro atoms. The molecule has 3 heteroatoms. The van der Waals surface area contributed by atoms with Crippen molar-refractivity contribution in [1.82, 2.24) is 4.98 Å². The summed E-state index contributed by atoms with van der Waals surface area (Å²) in [4.78, 5) is 4.06. The van der Waals surface area contributed by atoms with Crippen LogP contribution in [0.4, 0.5) is 0 Å². The van der Waals surface area contributed by atoms with Gasteiger partial charge in [0.15, 0.2) is 0 Å². The van der Waals surface area contributed by atoms with Crippen LogP contribution in [0, 0.1) is 11.8 Å². The Morgan fingerprint density at radius 1 is 1.16 bits per heavy atom. The van der Waals surface area contributed by atoms with E-state index in [0.717, 1.165) is 23.3 Å². The maximum absolute atomic E-state index is 8.60. The predicted octanol–water partition coefficient (Wildman–Crippen LogP) is 2.05. The van der Waals surface area contributed by atoms with Gasteiger partial charge in [0.25, 0.3) is 0 Å². The first-order chi connectivity index (χ1) is 9.38. The molecule has 0 amide bonds. The van der Waals surface area contributed by atoms with Crippen LogP contribution in [0.25, 0.3) is 0 Å². The van der Waals surface area contributed by atoms with Gasteiger partial charge in [0.1, 0.15) is 12.4 Å². The first-order valence-corrected chi connectivity index (χ1v) is 6.10. The fourth-order valence-electron chi connectivity index (χ4n) is 1.61. The molecule has 0 aliphatic rings. The molecule has 1 aromatic carbocycles. The third-order valence-electron chi connectivity index (χ3n) is 2.55. The van der Waals surface area contributed by atoms with E-state index in [9.17, 15) is 0 Å². The Kier molecular flexibility index (Phi) is 4.97. The van der Waals surface area contributed by atoms with Gasteiger partial charge in [-0.3, -0.25) is 4.98 Å². The molecule has 1 aromatic heterocycles. The molecule has 0 fully saturated rings. The van der Waals surface area contributed by atoms with Crippen molar-refractivity contribution < 1.29 is 9.84 Å². The second-order valence-electron chi connectivity index (χ2n) is 3.94. The molecule has 2 aromatic rings. The Morgan fingerprint density at radius 2 is 2.00 bits per heavy atom. The zero-order chi connectivity index (χ0) is 13.3. The minimum Gasteiger partial charge on any atom is -0.493 e. The van der Waals surface area contributed by atoms with Crippen molar-refractivity contribution in [2.45, 2.75) is 6.42 Å². The first kappa shape index (κ1) is 13.1. The van der Waals surface area contributed by atoms with Crippen molar-refractivity contribution in [2.24, 2.45) is 0 Å². The van der Waals surface area contributed by atoms with E-state index in [0.29, 0.717) is 6.61 Å². The molecule has 3 nitrogen and oxygen atoms in total. The monoisotopic (exact) mass is 253 g/mol. The molecular weight excluding hydrogens is 238 g/mol. The fourth-order valence-corrected chi connectivity index (χ4v) is 1.61. The summed E-state index contributed by atoms with van der Waals surface area (Å²) in [6.45, 7) is 0.497. The number of aromatic nitrogens is 1. The van der Waals surface area contributed by atoms with E-state index in [1.807, 2.05) is 42.6 Å². The van der Waals surface area contributed by atoms with Crippen LogP contribution in [-0.2, 0) is 6.42 Å². The van der Waals surface area contributed by atoms with E-state index >= 15 is 0 Å². The molecule has 0 unspecified atom stereocenters. The molecule has 2 rings (SSSR count). The lowest BCUT2D eigenvalue weighted by Gasteiger charge is -2.05. The Balaban J connectivity index is 1.83. The van der Waals surface area contributed by atoms with Gasteiger partial charge in [-0.15, -0.1) is 0 Å². The molecule has 0 aliphatic carbocycles. The minimum absolute atomic E-state index is 0.122. The second kappa shape index (κ2) is 7.20. The standard InChI is InChI=1S/C16H15NO2/c18-11-2-4-14-5-7-16(8-6-14)19-12-9-15-3-1-10-17-13-15/h1,3,5-8,10,13,18H,9,11-12H2. The van der Waals surface area contributed by atoms with Gasteiger partial charge in [-0.1, -0.05) is 17.9 Å². The summed E-state index contributed by atoms with van der Waals surface area (Å²) in [5.74, 6) is 6.26. The average molecular weight is 253 g/mol. The molecule has 0 aliphatic heterocycles. The Labute approximate surface area is 112 Å². The lowest BCUT2D eigenvalue weighted by molar-refractivity contribution is 0.322. The molecule has 1 heterocycles. The third kappa shape index (κ3) is 4.46. The summed E-state index contributed by atoms with van der Waals surface area (Å²) in [6.07, 6.45) is 4.44. The number of rotatable bonds is 4. The first-order valence-electron chi connectivity index (χ1n) is 6.10. The quantitative estimate of drug-likeness (QED) is 0.848. The molecule has 96 valence electrons. The zero-order valence-corrected chi connectivity index (χ0v) is 10.5. The Bertz CT molecular complexity index is 553. The summed E-state index contributed by atoms with van der Waals surface area (Å²) in [6, 6.07) is 11.5. The number of benzene rings is 1. The smallest absolute Gasteiger partial charge is 0.119 e. The highest BCUT2D eigenvalue weighted by molar-refractivity contribution is 5.38. The number of aliphatic hydroxyl groups is 1. The van der Waals surface area contributed by atoms with Crippen molar-refractivity contribution >= 4 is 0 Å². The van der Waals surface area contributed by atoms with Crippen LogP contribution in [-0.4, -0.2) is 23.3 Å². The van der Waals surface area contributed by atoms with E-state index in [1.54, 1.807) is 6.20 Å². The maximum Gasteiger partial charge on any atom is 0.119 e. The molecule has 19 heavy (non-hydrogen) atoms. The van der Waals surface area contributed by atoms with Crippen LogP contribution in [0.3, 0.4) is 0 Å².